The van der Waals surface area contributed by atoms with Crippen LogP contribution in [0.5, 0.6) is 0 Å². The highest BCUT2D eigenvalue weighted by Crippen LogP contribution is 2.24. The first-order valence-corrected chi connectivity index (χ1v) is 7.24. The maximum absolute atomic E-state index is 6.12. The van der Waals surface area contributed by atoms with Crippen molar-refractivity contribution in [2.75, 3.05) is 0 Å². The Morgan fingerprint density at radius 2 is 1.94 bits per heavy atom. The summed E-state index contributed by atoms with van der Waals surface area (Å²) < 4.78 is 0. The normalized spacial score (nSPS) is 13.1. The van der Waals surface area contributed by atoms with Crippen LogP contribution in [0.15, 0.2) is 18.2 Å². The van der Waals surface area contributed by atoms with Gasteiger partial charge in [0.15, 0.2) is 0 Å². The van der Waals surface area contributed by atoms with E-state index in [1.165, 1.54) is 12.0 Å². The van der Waals surface area contributed by atoms with Crippen LogP contribution in [0.1, 0.15) is 32.3 Å². The summed E-state index contributed by atoms with van der Waals surface area (Å²) in [6.07, 6.45) is 3.31. The van der Waals surface area contributed by atoms with Crippen LogP contribution in [0.3, 0.4) is 0 Å². The molecule has 3 heteroatoms. The highest BCUT2D eigenvalue weighted by molar-refractivity contribution is 9.09. The highest BCUT2D eigenvalue weighted by atomic mass is 79.9. The van der Waals surface area contributed by atoms with Gasteiger partial charge >= 0.3 is 0 Å². The largest absolute Gasteiger partial charge is 0.0890 e. The number of rotatable bonds is 5. The fourth-order valence-corrected chi connectivity index (χ4v) is 3.15. The van der Waals surface area contributed by atoms with Gasteiger partial charge in [-0.1, -0.05) is 59.0 Å². The van der Waals surface area contributed by atoms with E-state index in [0.29, 0.717) is 9.85 Å². The summed E-state index contributed by atoms with van der Waals surface area (Å²) in [5.74, 6) is 0.727. The number of alkyl halides is 1. The molecule has 0 amide bonds. The van der Waals surface area contributed by atoms with E-state index in [0.717, 1.165) is 23.8 Å². The van der Waals surface area contributed by atoms with Gasteiger partial charge in [-0.3, -0.25) is 0 Å². The summed E-state index contributed by atoms with van der Waals surface area (Å²) in [4.78, 5) is 0.569. The molecule has 0 spiro atoms. The predicted molar refractivity (Wildman–Crippen MR) is 77.0 cm³/mol. The molecule has 0 heterocycles. The second-order valence-corrected chi connectivity index (χ2v) is 6.64. The van der Waals surface area contributed by atoms with Gasteiger partial charge in [0.05, 0.1) is 0 Å². The lowest BCUT2D eigenvalue weighted by molar-refractivity contribution is 0.554. The average molecular weight is 324 g/mol. The molecule has 0 aliphatic rings. The zero-order valence-corrected chi connectivity index (χ0v) is 12.7. The van der Waals surface area contributed by atoms with E-state index in [1.807, 2.05) is 18.2 Å². The minimum absolute atomic E-state index is 0.569. The van der Waals surface area contributed by atoms with Gasteiger partial charge in [0.25, 0.3) is 0 Å². The van der Waals surface area contributed by atoms with Crippen molar-refractivity contribution >= 4 is 39.1 Å². The van der Waals surface area contributed by atoms with Crippen LogP contribution < -0.4 is 0 Å². The third kappa shape index (κ3) is 5.07. The smallest absolute Gasteiger partial charge is 0.0452 e. The van der Waals surface area contributed by atoms with Gasteiger partial charge in [0, 0.05) is 14.9 Å². The third-order valence-corrected chi connectivity index (χ3v) is 3.89. The van der Waals surface area contributed by atoms with Gasteiger partial charge in [-0.25, -0.2) is 0 Å². The summed E-state index contributed by atoms with van der Waals surface area (Å²) in [6, 6.07) is 5.72. The molecule has 1 unspecified atom stereocenters. The van der Waals surface area contributed by atoms with E-state index < -0.39 is 0 Å². The molecular formula is C13H17BrCl2. The molecule has 0 saturated heterocycles. The number of hydrogen-bond acceptors (Lipinski definition) is 0. The lowest BCUT2D eigenvalue weighted by atomic mass is 10.0. The summed E-state index contributed by atoms with van der Waals surface area (Å²) in [5.41, 5.74) is 1.18. The van der Waals surface area contributed by atoms with E-state index in [2.05, 4.69) is 29.8 Å². The van der Waals surface area contributed by atoms with Gasteiger partial charge in [-0.15, -0.1) is 0 Å². The van der Waals surface area contributed by atoms with Crippen molar-refractivity contribution in [3.8, 4) is 0 Å². The molecule has 0 radical (unpaired) electrons. The van der Waals surface area contributed by atoms with E-state index in [4.69, 9.17) is 23.2 Å². The van der Waals surface area contributed by atoms with Crippen molar-refractivity contribution in [2.45, 2.75) is 37.9 Å². The number of aryl methyl sites for hydroxylation is 1. The standard InChI is InChI=1S/C13H17BrCl2/c1-9(2)7-11(14)5-3-10-4-6-12(15)8-13(10)16/h4,6,8-9,11H,3,5,7H2,1-2H3. The Labute approximate surface area is 116 Å². The van der Waals surface area contributed by atoms with Crippen LogP contribution in [0, 0.1) is 5.92 Å². The van der Waals surface area contributed by atoms with Gasteiger partial charge in [0.1, 0.15) is 0 Å². The molecule has 1 atom stereocenters. The van der Waals surface area contributed by atoms with Crippen LogP contribution in [0.2, 0.25) is 10.0 Å². The summed E-state index contributed by atoms with van der Waals surface area (Å²) >= 11 is 15.7. The van der Waals surface area contributed by atoms with E-state index >= 15 is 0 Å². The molecule has 0 fully saturated rings. The van der Waals surface area contributed by atoms with Crippen LogP contribution in [-0.2, 0) is 6.42 Å². The molecule has 0 nitrogen and oxygen atoms in total. The van der Waals surface area contributed by atoms with Crippen LogP contribution in [0.4, 0.5) is 0 Å². The molecule has 0 bridgehead atoms. The Hall–Kier alpha value is 0.280. The zero-order chi connectivity index (χ0) is 12.1. The quantitative estimate of drug-likeness (QED) is 0.606. The SMILES string of the molecule is CC(C)CC(Br)CCc1ccc(Cl)cc1Cl. The van der Waals surface area contributed by atoms with Crippen molar-refractivity contribution in [3.63, 3.8) is 0 Å². The first-order chi connectivity index (χ1) is 7.49. The first kappa shape index (κ1) is 14.3. The summed E-state index contributed by atoms with van der Waals surface area (Å²) in [5, 5.41) is 1.48. The predicted octanol–water partition coefficient (Wildman–Crippen LogP) is 5.74. The Balaban J connectivity index is 2.48. The first-order valence-electron chi connectivity index (χ1n) is 5.57. The number of benzene rings is 1. The van der Waals surface area contributed by atoms with Gasteiger partial charge in [-0.05, 0) is 42.9 Å². The lowest BCUT2D eigenvalue weighted by Crippen LogP contribution is -2.04. The van der Waals surface area contributed by atoms with E-state index in [9.17, 15) is 0 Å². The van der Waals surface area contributed by atoms with Crippen LogP contribution >= 0.6 is 39.1 Å². The minimum atomic E-state index is 0.569. The fraction of sp³-hybridized carbons (Fsp3) is 0.538. The molecule has 0 aliphatic carbocycles. The summed E-state index contributed by atoms with van der Waals surface area (Å²) in [7, 11) is 0. The highest BCUT2D eigenvalue weighted by Gasteiger charge is 2.08. The molecular weight excluding hydrogens is 307 g/mol. The maximum atomic E-state index is 6.12. The van der Waals surface area contributed by atoms with E-state index in [-0.39, 0.29) is 0 Å². The molecule has 1 rings (SSSR count). The molecule has 16 heavy (non-hydrogen) atoms. The van der Waals surface area contributed by atoms with Crippen molar-refractivity contribution in [1.82, 2.24) is 0 Å². The van der Waals surface area contributed by atoms with E-state index in [1.54, 1.807) is 0 Å². The fourth-order valence-electron chi connectivity index (χ4n) is 1.67. The van der Waals surface area contributed by atoms with Gasteiger partial charge in [0.2, 0.25) is 0 Å². The monoisotopic (exact) mass is 322 g/mol. The van der Waals surface area contributed by atoms with Crippen molar-refractivity contribution < 1.29 is 0 Å². The van der Waals surface area contributed by atoms with Crippen molar-refractivity contribution in [3.05, 3.63) is 33.8 Å². The Bertz CT molecular complexity index is 337. The number of halogens is 3. The number of hydrogen-bond donors (Lipinski definition) is 0. The Morgan fingerprint density at radius 1 is 1.25 bits per heavy atom. The second kappa shape index (κ2) is 6.88. The van der Waals surface area contributed by atoms with Crippen molar-refractivity contribution in [2.24, 2.45) is 5.92 Å². The third-order valence-electron chi connectivity index (χ3n) is 2.47. The van der Waals surface area contributed by atoms with Gasteiger partial charge in [-0.2, -0.15) is 0 Å². The topological polar surface area (TPSA) is 0 Å². The lowest BCUT2D eigenvalue weighted by Gasteiger charge is -2.12. The molecule has 90 valence electrons. The molecule has 0 aliphatic heterocycles. The minimum Gasteiger partial charge on any atom is -0.0890 e. The van der Waals surface area contributed by atoms with Crippen LogP contribution in [-0.4, -0.2) is 4.83 Å². The van der Waals surface area contributed by atoms with Crippen LogP contribution in [0.25, 0.3) is 0 Å². The summed E-state index contributed by atoms with van der Waals surface area (Å²) in [6.45, 7) is 4.48. The molecule has 1 aromatic carbocycles. The molecule has 0 saturated carbocycles. The Morgan fingerprint density at radius 3 is 2.50 bits per heavy atom. The molecule has 0 aromatic heterocycles. The molecule has 0 N–H and O–H groups in total. The van der Waals surface area contributed by atoms with Gasteiger partial charge < -0.3 is 0 Å². The van der Waals surface area contributed by atoms with Crippen molar-refractivity contribution in [1.29, 1.82) is 0 Å². The maximum Gasteiger partial charge on any atom is 0.0452 e. The second-order valence-electron chi connectivity index (χ2n) is 4.50. The molecule has 1 aromatic rings. The Kier molecular flexibility index (Phi) is 6.17. The zero-order valence-electron chi connectivity index (χ0n) is 9.64. The average Bonchev–Trinajstić information content (AvgIpc) is 2.15.